The number of nitrogens with one attached hydrogen (secondary N) is 1. The number of nitrogens with zero attached hydrogens (tertiary/aromatic N) is 3. The molecule has 0 aliphatic rings. The Morgan fingerprint density at radius 1 is 1.20 bits per heavy atom. The zero-order valence-electron chi connectivity index (χ0n) is 12.5. The summed E-state index contributed by atoms with van der Waals surface area (Å²) in [6.07, 6.45) is 0. The molecule has 0 fully saturated rings. The summed E-state index contributed by atoms with van der Waals surface area (Å²) in [4.78, 5) is 4.46. The van der Waals surface area contributed by atoms with Crippen LogP contribution in [-0.2, 0) is 0 Å². The molecule has 0 saturated heterocycles. The molecule has 0 bridgehead atoms. The summed E-state index contributed by atoms with van der Waals surface area (Å²) in [5, 5.41) is 16.9. The minimum absolute atomic E-state index is 0.198. The third kappa shape index (κ3) is 4.39. The Hall–Kier alpha value is -1.91. The minimum atomic E-state index is 0.198. The van der Waals surface area contributed by atoms with Crippen molar-refractivity contribution in [1.82, 2.24) is 4.98 Å². The number of anilines is 1. The summed E-state index contributed by atoms with van der Waals surface area (Å²) in [6.45, 7) is 0. The van der Waals surface area contributed by atoms with Crippen molar-refractivity contribution < 1.29 is 0 Å². The molecule has 124 valence electrons. The van der Waals surface area contributed by atoms with E-state index >= 15 is 0 Å². The molecule has 1 heterocycles. The second-order valence-electron chi connectivity index (χ2n) is 4.85. The van der Waals surface area contributed by atoms with E-state index in [-0.39, 0.29) is 5.71 Å². The number of thiazole rings is 1. The van der Waals surface area contributed by atoms with Gasteiger partial charge in [0.05, 0.1) is 16.4 Å². The van der Waals surface area contributed by atoms with E-state index in [0.717, 1.165) is 15.7 Å². The minimum Gasteiger partial charge on any atom is -0.277 e. The van der Waals surface area contributed by atoms with E-state index in [1.54, 1.807) is 18.2 Å². The van der Waals surface area contributed by atoms with Gasteiger partial charge in [0.2, 0.25) is 0 Å². The van der Waals surface area contributed by atoms with Crippen molar-refractivity contribution in [2.24, 2.45) is 5.10 Å². The highest BCUT2D eigenvalue weighted by Crippen LogP contribution is 2.31. The molecular formula is C17H9BrCl2N4S. The SMILES string of the molecule is N#C/C(=N/Nc1ccc(Br)cc1)c1nc(-c2ccc(Cl)cc2Cl)cs1. The number of rotatable bonds is 4. The van der Waals surface area contributed by atoms with E-state index in [2.05, 4.69) is 37.5 Å². The van der Waals surface area contributed by atoms with Crippen molar-refractivity contribution in [3.8, 4) is 17.3 Å². The van der Waals surface area contributed by atoms with Crippen LogP contribution in [0.4, 0.5) is 5.69 Å². The number of benzene rings is 2. The van der Waals surface area contributed by atoms with Gasteiger partial charge in [0.15, 0.2) is 10.7 Å². The van der Waals surface area contributed by atoms with E-state index in [1.807, 2.05) is 29.6 Å². The van der Waals surface area contributed by atoms with Gasteiger partial charge in [0.1, 0.15) is 6.07 Å². The van der Waals surface area contributed by atoms with Gasteiger partial charge in [-0.15, -0.1) is 11.3 Å². The van der Waals surface area contributed by atoms with Crippen molar-refractivity contribution in [3.05, 3.63) is 67.4 Å². The van der Waals surface area contributed by atoms with E-state index in [1.165, 1.54) is 11.3 Å². The van der Waals surface area contributed by atoms with E-state index in [0.29, 0.717) is 20.7 Å². The van der Waals surface area contributed by atoms with E-state index in [4.69, 9.17) is 23.2 Å². The molecule has 0 unspecified atom stereocenters. The summed E-state index contributed by atoms with van der Waals surface area (Å²) < 4.78 is 0.965. The van der Waals surface area contributed by atoms with Gasteiger partial charge in [0, 0.05) is 20.4 Å². The first kappa shape index (κ1) is 17.9. The molecule has 0 aliphatic heterocycles. The maximum atomic E-state index is 9.37. The van der Waals surface area contributed by atoms with Gasteiger partial charge < -0.3 is 0 Å². The van der Waals surface area contributed by atoms with Gasteiger partial charge in [-0.2, -0.15) is 10.4 Å². The highest BCUT2D eigenvalue weighted by atomic mass is 79.9. The first-order valence-electron chi connectivity index (χ1n) is 6.97. The standard InChI is InChI=1S/C17H9BrCl2N4S/c18-10-1-4-12(5-2-10)23-24-15(8-21)17-22-16(9-25-17)13-6-3-11(19)7-14(13)20/h1-7,9,23H/b24-15-. The molecule has 25 heavy (non-hydrogen) atoms. The Labute approximate surface area is 166 Å². The normalized spacial score (nSPS) is 11.2. The Morgan fingerprint density at radius 3 is 2.64 bits per heavy atom. The molecule has 1 N–H and O–H groups in total. The second-order valence-corrected chi connectivity index (χ2v) is 7.47. The molecule has 0 atom stereocenters. The Kier molecular flexibility index (Phi) is 5.71. The van der Waals surface area contributed by atoms with Crippen LogP contribution in [-0.4, -0.2) is 10.7 Å². The predicted octanol–water partition coefficient (Wildman–Crippen LogP) is 6.22. The van der Waals surface area contributed by atoms with Crippen LogP contribution in [0.15, 0.2) is 57.4 Å². The monoisotopic (exact) mass is 450 g/mol. The maximum absolute atomic E-state index is 9.37. The molecule has 8 heteroatoms. The lowest BCUT2D eigenvalue weighted by molar-refractivity contribution is 1.31. The van der Waals surface area contributed by atoms with E-state index < -0.39 is 0 Å². The quantitative estimate of drug-likeness (QED) is 0.378. The van der Waals surface area contributed by atoms with Crippen LogP contribution < -0.4 is 5.43 Å². The molecule has 2 aromatic carbocycles. The summed E-state index contributed by atoms with van der Waals surface area (Å²) in [7, 11) is 0. The highest BCUT2D eigenvalue weighted by molar-refractivity contribution is 9.10. The topological polar surface area (TPSA) is 61.1 Å². The Morgan fingerprint density at radius 2 is 1.96 bits per heavy atom. The summed E-state index contributed by atoms with van der Waals surface area (Å²) in [6, 6.07) is 14.7. The van der Waals surface area contributed by atoms with Crippen LogP contribution >= 0.6 is 50.5 Å². The average molecular weight is 452 g/mol. The lowest BCUT2D eigenvalue weighted by Gasteiger charge is -2.01. The van der Waals surface area contributed by atoms with Crippen molar-refractivity contribution in [2.75, 3.05) is 5.43 Å². The number of aromatic nitrogens is 1. The maximum Gasteiger partial charge on any atom is 0.196 e. The van der Waals surface area contributed by atoms with Crippen molar-refractivity contribution in [1.29, 1.82) is 5.26 Å². The van der Waals surface area contributed by atoms with Gasteiger partial charge in [-0.25, -0.2) is 4.98 Å². The number of hydrazone groups is 1. The van der Waals surface area contributed by atoms with Gasteiger partial charge in [0.25, 0.3) is 0 Å². The molecule has 0 saturated carbocycles. The lowest BCUT2D eigenvalue weighted by atomic mass is 10.2. The average Bonchev–Trinajstić information content (AvgIpc) is 3.06. The van der Waals surface area contributed by atoms with Crippen molar-refractivity contribution >= 4 is 61.9 Å². The summed E-state index contributed by atoms with van der Waals surface area (Å²) >= 11 is 16.8. The second kappa shape index (κ2) is 7.98. The van der Waals surface area contributed by atoms with Crippen molar-refractivity contribution in [3.63, 3.8) is 0 Å². The third-order valence-electron chi connectivity index (χ3n) is 3.16. The molecule has 0 aliphatic carbocycles. The Bertz CT molecular complexity index is 977. The lowest BCUT2D eigenvalue weighted by Crippen LogP contribution is -2.01. The predicted molar refractivity (Wildman–Crippen MR) is 107 cm³/mol. The number of hydrogen-bond acceptors (Lipinski definition) is 5. The molecule has 0 amide bonds. The Balaban J connectivity index is 1.85. The zero-order chi connectivity index (χ0) is 17.8. The van der Waals surface area contributed by atoms with Crippen LogP contribution in [0.2, 0.25) is 10.0 Å². The zero-order valence-corrected chi connectivity index (χ0v) is 16.4. The highest BCUT2D eigenvalue weighted by Gasteiger charge is 2.12. The molecule has 0 spiro atoms. The fourth-order valence-electron chi connectivity index (χ4n) is 1.97. The van der Waals surface area contributed by atoms with Crippen LogP contribution in [0.3, 0.4) is 0 Å². The van der Waals surface area contributed by atoms with Gasteiger partial charge >= 0.3 is 0 Å². The smallest absolute Gasteiger partial charge is 0.196 e. The van der Waals surface area contributed by atoms with Crippen LogP contribution in [0.25, 0.3) is 11.3 Å². The largest absolute Gasteiger partial charge is 0.277 e. The molecule has 3 aromatic rings. The van der Waals surface area contributed by atoms with Gasteiger partial charge in [-0.05, 0) is 42.5 Å². The fourth-order valence-corrected chi connectivity index (χ4v) is 3.50. The first-order chi connectivity index (χ1) is 12.1. The fraction of sp³-hybridized carbons (Fsp3) is 0. The van der Waals surface area contributed by atoms with Crippen LogP contribution in [0.5, 0.6) is 0 Å². The number of halogens is 3. The van der Waals surface area contributed by atoms with E-state index in [9.17, 15) is 5.26 Å². The molecule has 4 nitrogen and oxygen atoms in total. The van der Waals surface area contributed by atoms with Gasteiger partial charge in [-0.1, -0.05) is 39.1 Å². The van der Waals surface area contributed by atoms with Crippen LogP contribution in [0, 0.1) is 11.3 Å². The molecule has 3 rings (SSSR count). The summed E-state index contributed by atoms with van der Waals surface area (Å²) in [5.74, 6) is 0. The van der Waals surface area contributed by atoms with Crippen molar-refractivity contribution in [2.45, 2.75) is 0 Å². The summed E-state index contributed by atoms with van der Waals surface area (Å²) in [5.41, 5.74) is 5.26. The first-order valence-corrected chi connectivity index (χ1v) is 9.40. The number of hydrogen-bond donors (Lipinski definition) is 1. The molecular weight excluding hydrogens is 443 g/mol. The van der Waals surface area contributed by atoms with Gasteiger partial charge in [-0.3, -0.25) is 5.43 Å². The molecule has 1 aromatic heterocycles. The van der Waals surface area contributed by atoms with Crippen LogP contribution in [0.1, 0.15) is 5.01 Å². The number of nitriles is 1. The third-order valence-corrected chi connectivity index (χ3v) is 5.09. The molecule has 0 radical (unpaired) electrons.